The van der Waals surface area contributed by atoms with Crippen LogP contribution in [0.5, 0.6) is 0 Å². The van der Waals surface area contributed by atoms with Gasteiger partial charge in [-0.3, -0.25) is 4.79 Å². The van der Waals surface area contributed by atoms with Gasteiger partial charge >= 0.3 is 0 Å². The van der Waals surface area contributed by atoms with Crippen LogP contribution in [0.1, 0.15) is 5.56 Å². The molecule has 0 aliphatic carbocycles. The summed E-state index contributed by atoms with van der Waals surface area (Å²) in [6, 6.07) is 10.8. The molecule has 0 saturated carbocycles. The first-order valence-electron chi connectivity index (χ1n) is 3.60. The van der Waals surface area contributed by atoms with Crippen LogP contribution in [0.2, 0.25) is 0 Å². The van der Waals surface area contributed by atoms with Crippen molar-refractivity contribution in [1.29, 1.82) is 5.26 Å². The Kier molecular flexibility index (Phi) is 3.24. The molecule has 3 heteroatoms. The number of allylic oxidation sites excluding steroid dienone is 1. The highest BCUT2D eigenvalue weighted by atomic mass is 35.5. The average Bonchev–Trinajstić information content (AvgIpc) is 2.15. The molecule has 0 bridgehead atoms. The second-order valence-electron chi connectivity index (χ2n) is 2.35. The minimum atomic E-state index is -0.730. The fraction of sp³-hybridized carbons (Fsp3) is 0. The highest BCUT2D eigenvalue weighted by Crippen LogP contribution is 2.07. The lowest BCUT2D eigenvalue weighted by Gasteiger charge is -1.91. The van der Waals surface area contributed by atoms with Crippen molar-refractivity contribution in [3.05, 3.63) is 41.5 Å². The summed E-state index contributed by atoms with van der Waals surface area (Å²) in [6.45, 7) is 0. The molecule has 0 radical (unpaired) electrons. The van der Waals surface area contributed by atoms with E-state index in [0.29, 0.717) is 0 Å². The molecule has 1 aromatic rings. The van der Waals surface area contributed by atoms with E-state index in [2.05, 4.69) is 0 Å². The first-order valence-corrected chi connectivity index (χ1v) is 3.98. The highest BCUT2D eigenvalue weighted by Gasteiger charge is 2.03. The average molecular weight is 192 g/mol. The predicted molar refractivity (Wildman–Crippen MR) is 50.9 cm³/mol. The normalized spacial score (nSPS) is 10.6. The molecule has 64 valence electrons. The smallest absolute Gasteiger partial charge is 0.262 e. The first kappa shape index (κ1) is 9.50. The van der Waals surface area contributed by atoms with Gasteiger partial charge < -0.3 is 0 Å². The van der Waals surface area contributed by atoms with E-state index in [1.807, 2.05) is 18.2 Å². The van der Waals surface area contributed by atoms with Crippen molar-refractivity contribution in [3.8, 4) is 6.07 Å². The van der Waals surface area contributed by atoms with Crippen molar-refractivity contribution in [2.45, 2.75) is 0 Å². The number of hydrogen-bond donors (Lipinski definition) is 0. The third kappa shape index (κ3) is 2.73. The number of carbonyl (C=O) groups is 1. The lowest BCUT2D eigenvalue weighted by Crippen LogP contribution is -1.89. The summed E-state index contributed by atoms with van der Waals surface area (Å²) in [5.74, 6) is 0. The number of benzene rings is 1. The van der Waals surface area contributed by atoms with Crippen LogP contribution in [0.4, 0.5) is 0 Å². The van der Waals surface area contributed by atoms with Crippen LogP contribution in [0, 0.1) is 11.3 Å². The molecular weight excluding hydrogens is 186 g/mol. The maximum atomic E-state index is 10.7. The third-order valence-electron chi connectivity index (χ3n) is 1.44. The molecule has 0 atom stereocenters. The predicted octanol–water partition coefficient (Wildman–Crippen LogP) is 2.36. The Morgan fingerprint density at radius 3 is 2.46 bits per heavy atom. The van der Waals surface area contributed by atoms with Gasteiger partial charge in [-0.2, -0.15) is 5.26 Å². The molecule has 0 unspecified atom stereocenters. The molecule has 0 saturated heterocycles. The Bertz CT molecular complexity index is 376. The molecule has 0 spiro atoms. The largest absolute Gasteiger partial charge is 0.275 e. The summed E-state index contributed by atoms with van der Waals surface area (Å²) in [4.78, 5) is 10.7. The van der Waals surface area contributed by atoms with Crippen LogP contribution in [-0.4, -0.2) is 5.24 Å². The van der Waals surface area contributed by atoms with E-state index in [4.69, 9.17) is 16.9 Å². The quantitative estimate of drug-likeness (QED) is 0.409. The van der Waals surface area contributed by atoms with Gasteiger partial charge in [0, 0.05) is 0 Å². The number of rotatable bonds is 2. The van der Waals surface area contributed by atoms with Gasteiger partial charge in [0.05, 0.1) is 0 Å². The highest BCUT2D eigenvalue weighted by molar-refractivity contribution is 6.68. The molecule has 1 rings (SSSR count). The van der Waals surface area contributed by atoms with Gasteiger partial charge in [-0.05, 0) is 23.2 Å². The number of carbonyl (C=O) groups excluding carboxylic acids is 1. The van der Waals surface area contributed by atoms with Gasteiger partial charge in [-0.15, -0.1) is 0 Å². The van der Waals surface area contributed by atoms with Gasteiger partial charge in [-0.1, -0.05) is 30.3 Å². The summed E-state index contributed by atoms with van der Waals surface area (Å²) in [5.41, 5.74) is 0.737. The van der Waals surface area contributed by atoms with E-state index in [0.717, 1.165) is 5.56 Å². The Balaban J connectivity index is 3.01. The Morgan fingerprint density at radius 1 is 1.38 bits per heavy atom. The monoisotopic (exact) mass is 191 g/mol. The maximum Gasteiger partial charge on any atom is 0.262 e. The minimum absolute atomic E-state index is 0.0483. The summed E-state index contributed by atoms with van der Waals surface area (Å²) in [5, 5.41) is 7.80. The van der Waals surface area contributed by atoms with Crippen LogP contribution in [-0.2, 0) is 4.79 Å². The third-order valence-corrected chi connectivity index (χ3v) is 1.65. The van der Waals surface area contributed by atoms with E-state index in [9.17, 15) is 4.79 Å². The summed E-state index contributed by atoms with van der Waals surface area (Å²) >= 11 is 5.16. The topological polar surface area (TPSA) is 40.9 Å². The van der Waals surface area contributed by atoms with Gasteiger partial charge in [0.1, 0.15) is 11.6 Å². The molecule has 1 aromatic carbocycles. The number of nitriles is 1. The second-order valence-corrected chi connectivity index (χ2v) is 2.70. The SMILES string of the molecule is N#C/C(=C\c1ccccc1)C(=O)Cl. The maximum absolute atomic E-state index is 10.7. The number of hydrogen-bond acceptors (Lipinski definition) is 2. The summed E-state index contributed by atoms with van der Waals surface area (Å²) < 4.78 is 0. The van der Waals surface area contributed by atoms with E-state index in [-0.39, 0.29) is 5.57 Å². The first-order chi connectivity index (χ1) is 6.24. The molecule has 0 aliphatic rings. The van der Waals surface area contributed by atoms with Crippen molar-refractivity contribution < 1.29 is 4.79 Å². The summed E-state index contributed by atoms with van der Waals surface area (Å²) in [6.07, 6.45) is 1.45. The zero-order chi connectivity index (χ0) is 9.68. The standard InChI is InChI=1S/C10H6ClNO/c11-10(13)9(7-12)6-8-4-2-1-3-5-8/h1-6H/b9-6+. The lowest BCUT2D eigenvalue weighted by molar-refractivity contribution is -0.108. The van der Waals surface area contributed by atoms with Gasteiger partial charge in [-0.25, -0.2) is 0 Å². The van der Waals surface area contributed by atoms with Crippen molar-refractivity contribution in [1.82, 2.24) is 0 Å². The van der Waals surface area contributed by atoms with Crippen LogP contribution >= 0.6 is 11.6 Å². The Morgan fingerprint density at radius 2 is 2.00 bits per heavy atom. The van der Waals surface area contributed by atoms with Gasteiger partial charge in [0.15, 0.2) is 0 Å². The minimum Gasteiger partial charge on any atom is -0.275 e. The van der Waals surface area contributed by atoms with Crippen molar-refractivity contribution in [2.75, 3.05) is 0 Å². The fourth-order valence-electron chi connectivity index (χ4n) is 0.849. The van der Waals surface area contributed by atoms with Crippen molar-refractivity contribution in [3.63, 3.8) is 0 Å². The van der Waals surface area contributed by atoms with E-state index in [1.54, 1.807) is 18.2 Å². The molecule has 13 heavy (non-hydrogen) atoms. The van der Waals surface area contributed by atoms with Gasteiger partial charge in [0.25, 0.3) is 5.24 Å². The molecule has 0 amide bonds. The van der Waals surface area contributed by atoms with Crippen LogP contribution in [0.25, 0.3) is 6.08 Å². The second kappa shape index (κ2) is 4.44. The number of nitrogens with zero attached hydrogens (tertiary/aromatic N) is 1. The van der Waals surface area contributed by atoms with Crippen LogP contribution in [0.15, 0.2) is 35.9 Å². The Labute approximate surface area is 81.1 Å². The van der Waals surface area contributed by atoms with Gasteiger partial charge in [0.2, 0.25) is 0 Å². The molecule has 0 aliphatic heterocycles. The van der Waals surface area contributed by atoms with Crippen LogP contribution < -0.4 is 0 Å². The molecule has 2 nitrogen and oxygen atoms in total. The molecule has 0 N–H and O–H groups in total. The van der Waals surface area contributed by atoms with Crippen molar-refractivity contribution >= 4 is 22.9 Å². The van der Waals surface area contributed by atoms with Crippen molar-refractivity contribution in [2.24, 2.45) is 0 Å². The Hall–Kier alpha value is -1.59. The molecule has 0 fully saturated rings. The van der Waals surface area contributed by atoms with E-state index < -0.39 is 5.24 Å². The molecule has 0 heterocycles. The van der Waals surface area contributed by atoms with Crippen LogP contribution in [0.3, 0.4) is 0 Å². The zero-order valence-electron chi connectivity index (χ0n) is 6.70. The molecule has 0 aromatic heterocycles. The molecular formula is C10H6ClNO. The zero-order valence-corrected chi connectivity index (χ0v) is 7.45. The lowest BCUT2D eigenvalue weighted by atomic mass is 10.1. The van der Waals surface area contributed by atoms with E-state index in [1.165, 1.54) is 6.08 Å². The van der Waals surface area contributed by atoms with E-state index >= 15 is 0 Å². The summed E-state index contributed by atoms with van der Waals surface area (Å²) in [7, 11) is 0. The fourth-order valence-corrected chi connectivity index (χ4v) is 0.946. The number of halogens is 1.